The first-order valence-corrected chi connectivity index (χ1v) is 10.1. The number of hydrogen-bond donors (Lipinski definition) is 1. The van der Waals surface area contributed by atoms with Gasteiger partial charge in [-0.2, -0.15) is 0 Å². The Labute approximate surface area is 166 Å². The zero-order valence-corrected chi connectivity index (χ0v) is 16.4. The Morgan fingerprint density at radius 2 is 1.93 bits per heavy atom. The van der Waals surface area contributed by atoms with Gasteiger partial charge in [0.05, 0.1) is 6.42 Å². The maximum Gasteiger partial charge on any atom is 0.255 e. The number of piperazine rings is 1. The molecule has 8 heteroatoms. The van der Waals surface area contributed by atoms with Crippen molar-refractivity contribution in [2.75, 3.05) is 31.1 Å². The number of thiazole rings is 1. The van der Waals surface area contributed by atoms with E-state index in [-0.39, 0.29) is 17.9 Å². The number of carbonyl (C=O) groups excluding carboxylic acids is 1. The third-order valence-electron chi connectivity index (χ3n) is 4.92. The summed E-state index contributed by atoms with van der Waals surface area (Å²) in [6.07, 6.45) is 1.86. The average molecular weight is 395 g/mol. The van der Waals surface area contributed by atoms with Gasteiger partial charge in [-0.05, 0) is 6.92 Å². The molecule has 1 aliphatic rings. The van der Waals surface area contributed by atoms with Crippen molar-refractivity contribution >= 4 is 22.4 Å². The highest BCUT2D eigenvalue weighted by Crippen LogP contribution is 2.19. The number of carbonyl (C=O) groups is 1. The van der Waals surface area contributed by atoms with Crippen LogP contribution >= 0.6 is 11.3 Å². The summed E-state index contributed by atoms with van der Waals surface area (Å²) >= 11 is 1.60. The Morgan fingerprint density at radius 3 is 2.57 bits per heavy atom. The van der Waals surface area contributed by atoms with Crippen LogP contribution in [-0.2, 0) is 11.2 Å². The summed E-state index contributed by atoms with van der Waals surface area (Å²) in [7, 11) is 0. The summed E-state index contributed by atoms with van der Waals surface area (Å²) in [4.78, 5) is 41.0. The summed E-state index contributed by atoms with van der Waals surface area (Å²) < 4.78 is 0. The van der Waals surface area contributed by atoms with E-state index in [1.54, 1.807) is 24.5 Å². The first-order chi connectivity index (χ1) is 13.6. The smallest absolute Gasteiger partial charge is 0.255 e. The number of anilines is 1. The Bertz CT molecular complexity index is 1010. The number of aromatic nitrogens is 3. The van der Waals surface area contributed by atoms with Gasteiger partial charge in [-0.3, -0.25) is 9.59 Å². The molecule has 0 bridgehead atoms. The van der Waals surface area contributed by atoms with Gasteiger partial charge in [0, 0.05) is 54.6 Å². The van der Waals surface area contributed by atoms with E-state index >= 15 is 0 Å². The van der Waals surface area contributed by atoms with E-state index in [4.69, 9.17) is 0 Å². The van der Waals surface area contributed by atoms with Crippen molar-refractivity contribution in [2.24, 2.45) is 0 Å². The van der Waals surface area contributed by atoms with Crippen molar-refractivity contribution < 1.29 is 4.79 Å². The predicted octanol–water partition coefficient (Wildman–Crippen LogP) is 2.09. The summed E-state index contributed by atoms with van der Waals surface area (Å²) in [6, 6.07) is 9.49. The van der Waals surface area contributed by atoms with Gasteiger partial charge in [0.1, 0.15) is 5.82 Å². The first kappa shape index (κ1) is 18.4. The maximum atomic E-state index is 12.7. The molecule has 3 heterocycles. The number of amides is 1. The second-order valence-electron chi connectivity index (χ2n) is 6.70. The summed E-state index contributed by atoms with van der Waals surface area (Å²) in [5.74, 6) is 0.484. The lowest BCUT2D eigenvalue weighted by Crippen LogP contribution is -2.49. The molecule has 28 heavy (non-hydrogen) atoms. The summed E-state index contributed by atoms with van der Waals surface area (Å²) in [5.41, 5.74) is 1.63. The molecule has 0 aliphatic carbocycles. The number of benzene rings is 1. The van der Waals surface area contributed by atoms with E-state index < -0.39 is 0 Å². The lowest BCUT2D eigenvalue weighted by atomic mass is 10.1. The molecule has 1 aromatic carbocycles. The maximum absolute atomic E-state index is 12.7. The van der Waals surface area contributed by atoms with Gasteiger partial charge < -0.3 is 14.8 Å². The SMILES string of the molecule is Cc1nc(-c2ccccc2)[nH]c(=O)c1CC(=O)N1CCN(c2nccs2)CC1. The zero-order chi connectivity index (χ0) is 19.5. The lowest BCUT2D eigenvalue weighted by Gasteiger charge is -2.34. The second-order valence-corrected chi connectivity index (χ2v) is 7.58. The van der Waals surface area contributed by atoms with Crippen LogP contribution in [0, 0.1) is 6.92 Å². The Balaban J connectivity index is 1.44. The van der Waals surface area contributed by atoms with Gasteiger partial charge in [0.2, 0.25) is 5.91 Å². The number of hydrogen-bond acceptors (Lipinski definition) is 6. The van der Waals surface area contributed by atoms with Crippen molar-refractivity contribution in [2.45, 2.75) is 13.3 Å². The molecule has 1 amide bonds. The fourth-order valence-corrected chi connectivity index (χ4v) is 4.03. The van der Waals surface area contributed by atoms with Crippen LogP contribution in [0.4, 0.5) is 5.13 Å². The van der Waals surface area contributed by atoms with E-state index in [1.807, 2.05) is 40.6 Å². The summed E-state index contributed by atoms with van der Waals surface area (Å²) in [5, 5.41) is 2.94. The fourth-order valence-electron chi connectivity index (χ4n) is 3.33. The van der Waals surface area contributed by atoms with Crippen molar-refractivity contribution in [3.05, 3.63) is 63.5 Å². The van der Waals surface area contributed by atoms with Crippen LogP contribution in [0.5, 0.6) is 0 Å². The van der Waals surface area contributed by atoms with Crippen molar-refractivity contribution in [1.82, 2.24) is 19.9 Å². The van der Waals surface area contributed by atoms with Crippen molar-refractivity contribution in [3.63, 3.8) is 0 Å². The second kappa shape index (κ2) is 7.93. The molecule has 0 unspecified atom stereocenters. The molecular formula is C20H21N5O2S. The van der Waals surface area contributed by atoms with E-state index in [1.165, 1.54) is 0 Å². The van der Waals surface area contributed by atoms with E-state index in [0.717, 1.165) is 23.8 Å². The number of rotatable bonds is 4. The minimum Gasteiger partial charge on any atom is -0.345 e. The van der Waals surface area contributed by atoms with Crippen LogP contribution in [0.2, 0.25) is 0 Å². The van der Waals surface area contributed by atoms with Crippen molar-refractivity contribution in [1.29, 1.82) is 0 Å². The monoisotopic (exact) mass is 395 g/mol. The third kappa shape index (κ3) is 3.82. The lowest BCUT2D eigenvalue weighted by molar-refractivity contribution is -0.130. The number of aromatic amines is 1. The third-order valence-corrected chi connectivity index (χ3v) is 5.75. The molecule has 3 aromatic rings. The van der Waals surface area contributed by atoms with Crippen LogP contribution < -0.4 is 10.5 Å². The highest BCUT2D eigenvalue weighted by molar-refractivity contribution is 7.13. The Hall–Kier alpha value is -3.00. The van der Waals surface area contributed by atoms with Gasteiger partial charge >= 0.3 is 0 Å². The molecule has 144 valence electrons. The fraction of sp³-hybridized carbons (Fsp3) is 0.300. The van der Waals surface area contributed by atoms with Crippen LogP contribution in [0.25, 0.3) is 11.4 Å². The van der Waals surface area contributed by atoms with Gasteiger partial charge in [0.15, 0.2) is 5.13 Å². The number of nitrogens with one attached hydrogen (secondary N) is 1. The van der Waals surface area contributed by atoms with Gasteiger partial charge in [0.25, 0.3) is 5.56 Å². The highest BCUT2D eigenvalue weighted by Gasteiger charge is 2.24. The van der Waals surface area contributed by atoms with Crippen LogP contribution in [0.3, 0.4) is 0 Å². The van der Waals surface area contributed by atoms with Gasteiger partial charge in [-0.15, -0.1) is 11.3 Å². The van der Waals surface area contributed by atoms with Crippen LogP contribution in [-0.4, -0.2) is 51.9 Å². The molecular weight excluding hydrogens is 374 g/mol. The van der Waals surface area contributed by atoms with Gasteiger partial charge in [-0.25, -0.2) is 9.97 Å². The largest absolute Gasteiger partial charge is 0.345 e. The molecule has 1 saturated heterocycles. The Morgan fingerprint density at radius 1 is 1.18 bits per heavy atom. The highest BCUT2D eigenvalue weighted by atomic mass is 32.1. The molecule has 1 N–H and O–H groups in total. The Kier molecular flexibility index (Phi) is 5.21. The van der Waals surface area contributed by atoms with Gasteiger partial charge in [-0.1, -0.05) is 30.3 Å². The van der Waals surface area contributed by atoms with E-state index in [0.29, 0.717) is 30.2 Å². The molecule has 0 radical (unpaired) electrons. The molecule has 1 aliphatic heterocycles. The minimum absolute atomic E-state index is 0.0401. The van der Waals surface area contributed by atoms with E-state index in [2.05, 4.69) is 19.9 Å². The van der Waals surface area contributed by atoms with Crippen LogP contribution in [0.1, 0.15) is 11.3 Å². The molecule has 7 nitrogen and oxygen atoms in total. The molecule has 4 rings (SSSR count). The molecule has 0 atom stereocenters. The molecule has 1 fully saturated rings. The first-order valence-electron chi connectivity index (χ1n) is 9.19. The molecule has 0 saturated carbocycles. The number of H-pyrrole nitrogens is 1. The molecule has 2 aromatic heterocycles. The topological polar surface area (TPSA) is 82.2 Å². The van der Waals surface area contributed by atoms with E-state index in [9.17, 15) is 9.59 Å². The average Bonchev–Trinajstić information content (AvgIpc) is 3.26. The normalized spacial score (nSPS) is 14.3. The number of aryl methyl sites for hydroxylation is 1. The predicted molar refractivity (Wildman–Crippen MR) is 110 cm³/mol. The minimum atomic E-state index is -0.249. The summed E-state index contributed by atoms with van der Waals surface area (Å²) in [6.45, 7) is 4.54. The van der Waals surface area contributed by atoms with Crippen molar-refractivity contribution in [3.8, 4) is 11.4 Å². The zero-order valence-electron chi connectivity index (χ0n) is 15.6. The standard InChI is InChI=1S/C20H21N5O2S/c1-14-16(19(27)23-18(22-14)15-5-3-2-4-6-15)13-17(26)24-8-10-25(11-9-24)20-21-7-12-28-20/h2-7,12H,8-11,13H2,1H3,(H,22,23,27). The number of nitrogens with zero attached hydrogens (tertiary/aromatic N) is 4. The van der Waals surface area contributed by atoms with Crippen LogP contribution in [0.15, 0.2) is 46.7 Å². The molecule has 0 spiro atoms. The quantitative estimate of drug-likeness (QED) is 0.732.